The van der Waals surface area contributed by atoms with E-state index in [0.29, 0.717) is 0 Å². The molecule has 96 valence electrons. The molecule has 0 amide bonds. The van der Waals surface area contributed by atoms with Gasteiger partial charge in [-0.2, -0.15) is 18.7 Å². The highest BCUT2D eigenvalue weighted by atomic mass is 19.4. The quantitative estimate of drug-likeness (QED) is 0.577. The Hall–Kier alpha value is -1.75. The molecule has 0 radical (unpaired) electrons. The van der Waals surface area contributed by atoms with Crippen LogP contribution in [0.1, 0.15) is 0 Å². The molecule has 1 aromatic heterocycles. The average molecular weight is 268 g/mol. The lowest BCUT2D eigenvalue weighted by atomic mass is 10.6. The second-order valence-electron chi connectivity index (χ2n) is 2.47. The van der Waals surface area contributed by atoms with Gasteiger partial charge in [0.25, 0.3) is 5.95 Å². The largest absolute Gasteiger partial charge is 0.493 e. The molecule has 12 heteroatoms. The Bertz CT molecular complexity index is 397. The van der Waals surface area contributed by atoms with Crippen molar-refractivity contribution in [2.24, 2.45) is 0 Å². The van der Waals surface area contributed by atoms with Gasteiger partial charge in [-0.05, 0) is 0 Å². The van der Waals surface area contributed by atoms with E-state index in [-0.39, 0.29) is 0 Å². The van der Waals surface area contributed by atoms with E-state index in [4.69, 9.17) is 0 Å². The maximum absolute atomic E-state index is 12.7. The van der Waals surface area contributed by atoms with E-state index in [2.05, 4.69) is 15.2 Å². The number of anilines is 1. The van der Waals surface area contributed by atoms with E-state index in [9.17, 15) is 35.1 Å². The molecule has 0 aliphatic heterocycles. The fourth-order valence-corrected chi connectivity index (χ4v) is 0.804. The lowest BCUT2D eigenvalue weighted by Gasteiger charge is -2.26. The molecule has 1 aromatic rings. The van der Waals surface area contributed by atoms with Crippen LogP contribution in [0, 0.1) is 12.0 Å². The van der Waals surface area contributed by atoms with Gasteiger partial charge in [0.2, 0.25) is 5.82 Å². The normalized spacial score (nSPS) is 12.7. The van der Waals surface area contributed by atoms with Crippen LogP contribution in [-0.2, 0) is 0 Å². The summed E-state index contributed by atoms with van der Waals surface area (Å²) < 4.78 is 97.0. The van der Waals surface area contributed by atoms with Gasteiger partial charge in [0.15, 0.2) is 0 Å². The number of alkyl halides is 6. The highest BCUT2D eigenvalue weighted by Gasteiger charge is 2.56. The molecule has 1 rings (SSSR count). The molecule has 0 N–H and O–H groups in total. The van der Waals surface area contributed by atoms with Crippen molar-refractivity contribution in [1.82, 2.24) is 15.2 Å². The second-order valence-corrected chi connectivity index (χ2v) is 2.47. The van der Waals surface area contributed by atoms with Crippen molar-refractivity contribution in [1.29, 1.82) is 0 Å². The van der Waals surface area contributed by atoms with E-state index in [1.807, 2.05) is 0 Å². The van der Waals surface area contributed by atoms with Gasteiger partial charge in [-0.3, -0.25) is 0 Å². The van der Waals surface area contributed by atoms with Gasteiger partial charge in [0.1, 0.15) is 0 Å². The molecule has 0 unspecified atom stereocenters. The molecular formula is C5F8N4. The topological polar surface area (TPSA) is 41.9 Å². The summed E-state index contributed by atoms with van der Waals surface area (Å²) in [6.07, 6.45) is -13.9. The minimum atomic E-state index is -6.01. The molecule has 0 atom stereocenters. The summed E-state index contributed by atoms with van der Waals surface area (Å²) >= 11 is 0. The summed E-state index contributed by atoms with van der Waals surface area (Å²) in [5.74, 6) is -4.67. The summed E-state index contributed by atoms with van der Waals surface area (Å²) in [6, 6.07) is 0. The Labute approximate surface area is 86.9 Å². The first kappa shape index (κ1) is 13.3. The van der Waals surface area contributed by atoms with Gasteiger partial charge in [-0.25, -0.2) is 0 Å². The molecule has 0 aromatic carbocycles. The van der Waals surface area contributed by atoms with Crippen LogP contribution >= 0.6 is 0 Å². The number of hydrogen-bond acceptors (Lipinski definition) is 4. The molecule has 0 saturated carbocycles. The van der Waals surface area contributed by atoms with Crippen molar-refractivity contribution < 1.29 is 35.1 Å². The van der Waals surface area contributed by atoms with Gasteiger partial charge < -0.3 is 0 Å². The van der Waals surface area contributed by atoms with Gasteiger partial charge >= 0.3 is 18.7 Å². The first-order valence-electron chi connectivity index (χ1n) is 3.53. The molecule has 0 spiro atoms. The third-order valence-electron chi connectivity index (χ3n) is 1.32. The molecular weight excluding hydrogens is 268 g/mol. The van der Waals surface area contributed by atoms with Gasteiger partial charge in [-0.15, -0.1) is 31.4 Å². The van der Waals surface area contributed by atoms with Crippen LogP contribution in [0.3, 0.4) is 0 Å². The minimum Gasteiger partial charge on any atom is -0.180 e. The van der Waals surface area contributed by atoms with Crippen LogP contribution in [0.15, 0.2) is 0 Å². The summed E-state index contributed by atoms with van der Waals surface area (Å²) in [5, 5.41) is 4.31. The fraction of sp³-hybridized carbons (Fsp3) is 0.400. The summed E-state index contributed by atoms with van der Waals surface area (Å²) in [4.78, 5) is -0.196. The van der Waals surface area contributed by atoms with Crippen molar-refractivity contribution in [2.45, 2.75) is 12.6 Å². The van der Waals surface area contributed by atoms with Crippen molar-refractivity contribution in [3.8, 4) is 0 Å². The molecule has 0 fully saturated rings. The Morgan fingerprint density at radius 3 is 1.65 bits per heavy atom. The molecule has 0 aliphatic rings. The predicted molar refractivity (Wildman–Crippen MR) is 34.3 cm³/mol. The zero-order valence-corrected chi connectivity index (χ0v) is 7.31. The first-order chi connectivity index (χ1) is 7.53. The van der Waals surface area contributed by atoms with E-state index >= 15 is 0 Å². The van der Waals surface area contributed by atoms with E-state index in [0.717, 1.165) is 0 Å². The third kappa shape index (κ3) is 2.88. The number of hydrogen-bond donors (Lipinski definition) is 0. The van der Waals surface area contributed by atoms with Gasteiger partial charge in [-0.1, -0.05) is 5.10 Å². The Morgan fingerprint density at radius 2 is 1.29 bits per heavy atom. The van der Waals surface area contributed by atoms with Crippen LogP contribution in [0.4, 0.5) is 40.9 Å². The van der Waals surface area contributed by atoms with Crippen molar-refractivity contribution in [3.05, 3.63) is 12.0 Å². The van der Waals surface area contributed by atoms with Crippen molar-refractivity contribution in [3.63, 3.8) is 0 Å². The number of halogens is 8. The summed E-state index contributed by atoms with van der Waals surface area (Å²) in [6.45, 7) is 0. The van der Waals surface area contributed by atoms with Gasteiger partial charge in [0.05, 0.1) is 0 Å². The zero-order chi connectivity index (χ0) is 13.4. The molecule has 17 heavy (non-hydrogen) atoms. The Balaban J connectivity index is 3.34. The smallest absolute Gasteiger partial charge is 0.180 e. The maximum atomic E-state index is 12.7. The zero-order valence-electron chi connectivity index (χ0n) is 7.31. The lowest BCUT2D eigenvalue weighted by molar-refractivity contribution is -0.228. The fourth-order valence-electron chi connectivity index (χ4n) is 0.804. The van der Waals surface area contributed by atoms with Crippen LogP contribution in [-0.4, -0.2) is 27.8 Å². The van der Waals surface area contributed by atoms with E-state index < -0.39 is 35.3 Å². The molecule has 4 nitrogen and oxygen atoms in total. The minimum absolute atomic E-state index is 1.89. The van der Waals surface area contributed by atoms with E-state index in [1.165, 1.54) is 0 Å². The summed E-state index contributed by atoms with van der Waals surface area (Å²) in [5.41, 5.74) is 0. The van der Waals surface area contributed by atoms with Gasteiger partial charge in [0, 0.05) is 0 Å². The SMILES string of the molecule is Fc1nnc(N(C(F)(F)F)C(F)(F)F)c(F)n1. The summed E-state index contributed by atoms with van der Waals surface area (Å²) in [7, 11) is 0. The molecule has 0 aliphatic carbocycles. The maximum Gasteiger partial charge on any atom is 0.493 e. The highest BCUT2D eigenvalue weighted by Crippen LogP contribution is 2.37. The van der Waals surface area contributed by atoms with Crippen LogP contribution in [0.2, 0.25) is 0 Å². The monoisotopic (exact) mass is 268 g/mol. The number of aromatic nitrogens is 3. The predicted octanol–water partition coefficient (Wildman–Crippen LogP) is 2.00. The Kier molecular flexibility index (Phi) is 3.07. The van der Waals surface area contributed by atoms with Crippen LogP contribution in [0.25, 0.3) is 0 Å². The van der Waals surface area contributed by atoms with Crippen LogP contribution < -0.4 is 4.90 Å². The average Bonchev–Trinajstić information content (AvgIpc) is 2.04. The third-order valence-corrected chi connectivity index (χ3v) is 1.32. The number of rotatable bonds is 1. The Morgan fingerprint density at radius 1 is 0.824 bits per heavy atom. The van der Waals surface area contributed by atoms with Crippen molar-refractivity contribution >= 4 is 5.82 Å². The van der Waals surface area contributed by atoms with Crippen LogP contribution in [0.5, 0.6) is 0 Å². The second kappa shape index (κ2) is 3.92. The first-order valence-corrected chi connectivity index (χ1v) is 3.53. The van der Waals surface area contributed by atoms with Crippen molar-refractivity contribution in [2.75, 3.05) is 4.90 Å². The number of nitrogens with zero attached hydrogens (tertiary/aromatic N) is 4. The van der Waals surface area contributed by atoms with E-state index in [1.54, 1.807) is 0 Å². The lowest BCUT2D eigenvalue weighted by Crippen LogP contribution is -2.49. The molecule has 1 heterocycles. The molecule has 0 bridgehead atoms. The molecule has 0 saturated heterocycles. The highest BCUT2D eigenvalue weighted by molar-refractivity contribution is 5.37. The standard InChI is InChI=1S/C5F8N4/c6-1-2(15-16-3(7)14-1)17(4(8,9)10)5(11,12)13.